The van der Waals surface area contributed by atoms with Gasteiger partial charge < -0.3 is 14.3 Å². The average Bonchev–Trinajstić information content (AvgIpc) is 2.85. The van der Waals surface area contributed by atoms with Crippen LogP contribution in [0.25, 0.3) is 0 Å². The molecule has 0 bridgehead atoms. The summed E-state index contributed by atoms with van der Waals surface area (Å²) in [5, 5.41) is 16.7. The fraction of sp³-hybridized carbons (Fsp3) is 0.357. The number of nitrogens with zero attached hydrogens (tertiary/aromatic N) is 2. The zero-order valence-corrected chi connectivity index (χ0v) is 11.6. The number of rotatable bonds is 4. The minimum atomic E-state index is -0.969. The summed E-state index contributed by atoms with van der Waals surface area (Å²) >= 11 is 0. The van der Waals surface area contributed by atoms with Crippen LogP contribution in [0.2, 0.25) is 0 Å². The van der Waals surface area contributed by atoms with Crippen molar-refractivity contribution in [3.8, 4) is 5.75 Å². The Hall–Kier alpha value is -2.37. The molecule has 6 nitrogen and oxygen atoms in total. The molecule has 6 heteroatoms. The smallest absolute Gasteiger partial charge is 0.335 e. The summed E-state index contributed by atoms with van der Waals surface area (Å²) in [7, 11) is 0. The quantitative estimate of drug-likeness (QED) is 0.923. The molecular weight excluding hydrogens is 260 g/mol. The Morgan fingerprint density at radius 2 is 1.90 bits per heavy atom. The Morgan fingerprint density at radius 3 is 2.40 bits per heavy atom. The van der Waals surface area contributed by atoms with Crippen LogP contribution in [0.4, 0.5) is 0 Å². The van der Waals surface area contributed by atoms with E-state index in [1.54, 1.807) is 12.1 Å². The third-order valence-corrected chi connectivity index (χ3v) is 2.57. The predicted octanol–water partition coefficient (Wildman–Crippen LogP) is 2.64. The van der Waals surface area contributed by atoms with Crippen molar-refractivity contribution in [2.75, 3.05) is 0 Å². The molecule has 0 amide bonds. The van der Waals surface area contributed by atoms with E-state index < -0.39 is 5.97 Å². The van der Waals surface area contributed by atoms with Gasteiger partial charge in [-0.25, -0.2) is 4.79 Å². The molecule has 0 saturated heterocycles. The van der Waals surface area contributed by atoms with E-state index in [0.29, 0.717) is 17.5 Å². The van der Waals surface area contributed by atoms with Crippen LogP contribution in [0.15, 0.2) is 28.7 Å². The summed E-state index contributed by atoms with van der Waals surface area (Å²) in [6, 6.07) is 6.13. The van der Waals surface area contributed by atoms with Crippen LogP contribution >= 0.6 is 0 Å². The molecule has 0 aliphatic heterocycles. The molecule has 1 aromatic heterocycles. The van der Waals surface area contributed by atoms with E-state index in [1.165, 1.54) is 12.1 Å². The van der Waals surface area contributed by atoms with E-state index in [0.717, 1.165) is 0 Å². The fourth-order valence-corrected chi connectivity index (χ4v) is 1.45. The number of hydrogen-bond acceptors (Lipinski definition) is 5. The maximum absolute atomic E-state index is 10.7. The van der Waals surface area contributed by atoms with Crippen molar-refractivity contribution in [3.05, 3.63) is 41.6 Å². The third-order valence-electron chi connectivity index (χ3n) is 2.57. The Morgan fingerprint density at radius 1 is 1.25 bits per heavy atom. The summed E-state index contributed by atoms with van der Waals surface area (Å²) < 4.78 is 11.0. The lowest BCUT2D eigenvalue weighted by atomic mass is 9.97. The summed E-state index contributed by atoms with van der Waals surface area (Å²) in [6.07, 6.45) is 0. The fourth-order valence-electron chi connectivity index (χ4n) is 1.45. The van der Waals surface area contributed by atoms with E-state index in [-0.39, 0.29) is 17.6 Å². The number of aromatic carboxylic acids is 1. The highest BCUT2D eigenvalue weighted by molar-refractivity contribution is 5.87. The Labute approximate surface area is 116 Å². The molecule has 2 rings (SSSR count). The minimum absolute atomic E-state index is 0.148. The predicted molar refractivity (Wildman–Crippen MR) is 70.7 cm³/mol. The van der Waals surface area contributed by atoms with E-state index in [2.05, 4.69) is 10.2 Å². The number of benzene rings is 1. The number of carbonyl (C=O) groups is 1. The first kappa shape index (κ1) is 14.0. The van der Waals surface area contributed by atoms with Gasteiger partial charge in [-0.2, -0.15) is 0 Å². The second-order valence-corrected chi connectivity index (χ2v) is 5.37. The Balaban J connectivity index is 1.98. The van der Waals surface area contributed by atoms with Gasteiger partial charge in [0.1, 0.15) is 5.75 Å². The van der Waals surface area contributed by atoms with Gasteiger partial charge in [-0.1, -0.05) is 20.8 Å². The lowest BCUT2D eigenvalue weighted by Gasteiger charge is -2.11. The average molecular weight is 276 g/mol. The molecule has 0 aliphatic rings. The van der Waals surface area contributed by atoms with E-state index in [1.807, 2.05) is 20.8 Å². The molecule has 0 aliphatic carbocycles. The van der Waals surface area contributed by atoms with Crippen LogP contribution in [0.3, 0.4) is 0 Å². The number of carboxylic acid groups (broad SMARTS) is 1. The van der Waals surface area contributed by atoms with Gasteiger partial charge >= 0.3 is 5.97 Å². The third kappa shape index (κ3) is 3.34. The first-order valence-electron chi connectivity index (χ1n) is 6.15. The van der Waals surface area contributed by atoms with Crippen molar-refractivity contribution < 1.29 is 19.1 Å². The maximum Gasteiger partial charge on any atom is 0.335 e. The van der Waals surface area contributed by atoms with Gasteiger partial charge in [0.15, 0.2) is 6.61 Å². The lowest BCUT2D eigenvalue weighted by Crippen LogP contribution is -2.11. The molecule has 0 atom stereocenters. The van der Waals surface area contributed by atoms with Gasteiger partial charge in [-0.15, -0.1) is 10.2 Å². The largest absolute Gasteiger partial charge is 0.484 e. The zero-order valence-electron chi connectivity index (χ0n) is 11.6. The second-order valence-electron chi connectivity index (χ2n) is 5.37. The van der Waals surface area contributed by atoms with Gasteiger partial charge in [-0.05, 0) is 24.3 Å². The first-order valence-corrected chi connectivity index (χ1v) is 6.15. The van der Waals surface area contributed by atoms with Crippen molar-refractivity contribution in [2.24, 2.45) is 0 Å². The molecule has 0 radical (unpaired) electrons. The van der Waals surface area contributed by atoms with E-state index in [9.17, 15) is 4.79 Å². The van der Waals surface area contributed by atoms with Crippen molar-refractivity contribution in [2.45, 2.75) is 32.8 Å². The molecule has 1 N–H and O–H groups in total. The molecule has 0 spiro atoms. The van der Waals surface area contributed by atoms with E-state index >= 15 is 0 Å². The second kappa shape index (κ2) is 5.32. The van der Waals surface area contributed by atoms with Crippen LogP contribution in [0, 0.1) is 0 Å². The van der Waals surface area contributed by atoms with Gasteiger partial charge in [-0.3, -0.25) is 0 Å². The molecule has 106 valence electrons. The molecule has 0 saturated carbocycles. The molecule has 2 aromatic rings. The Bertz CT molecular complexity index is 596. The SMILES string of the molecule is CC(C)(C)c1nnc(COc2ccc(C(=O)O)cc2)o1. The van der Waals surface area contributed by atoms with Crippen LogP contribution < -0.4 is 4.74 Å². The molecule has 1 heterocycles. The van der Waals surface area contributed by atoms with Gasteiger partial charge in [0.05, 0.1) is 5.56 Å². The molecule has 0 unspecified atom stereocenters. The number of ether oxygens (including phenoxy) is 1. The molecule has 1 aromatic carbocycles. The number of aromatic nitrogens is 2. The highest BCUT2D eigenvalue weighted by atomic mass is 16.5. The maximum atomic E-state index is 10.7. The van der Waals surface area contributed by atoms with Gasteiger partial charge in [0.2, 0.25) is 5.89 Å². The van der Waals surface area contributed by atoms with Gasteiger partial charge in [0.25, 0.3) is 5.89 Å². The van der Waals surface area contributed by atoms with Crippen LogP contribution in [-0.2, 0) is 12.0 Å². The Kier molecular flexibility index (Phi) is 3.74. The van der Waals surface area contributed by atoms with Crippen LogP contribution in [0.5, 0.6) is 5.75 Å². The zero-order chi connectivity index (χ0) is 14.8. The standard InChI is InChI=1S/C14H16N2O4/c1-14(2,3)13-16-15-11(20-13)8-19-10-6-4-9(5-7-10)12(17)18/h4-7H,8H2,1-3H3,(H,17,18). The highest BCUT2D eigenvalue weighted by Crippen LogP contribution is 2.21. The minimum Gasteiger partial charge on any atom is -0.484 e. The van der Waals surface area contributed by atoms with Crippen molar-refractivity contribution in [1.29, 1.82) is 0 Å². The summed E-state index contributed by atoms with van der Waals surface area (Å²) in [6.45, 7) is 6.09. The van der Waals surface area contributed by atoms with E-state index in [4.69, 9.17) is 14.3 Å². The summed E-state index contributed by atoms with van der Waals surface area (Å²) in [5.41, 5.74) is 0.0131. The monoisotopic (exact) mass is 276 g/mol. The van der Waals surface area contributed by atoms with Crippen LogP contribution in [0.1, 0.15) is 42.9 Å². The van der Waals surface area contributed by atoms with Crippen molar-refractivity contribution >= 4 is 5.97 Å². The van der Waals surface area contributed by atoms with Crippen LogP contribution in [-0.4, -0.2) is 21.3 Å². The molecule has 20 heavy (non-hydrogen) atoms. The lowest BCUT2D eigenvalue weighted by molar-refractivity contribution is 0.0697. The summed E-state index contributed by atoms with van der Waals surface area (Å²) in [5.74, 6) is 0.517. The summed E-state index contributed by atoms with van der Waals surface area (Å²) in [4.78, 5) is 10.7. The highest BCUT2D eigenvalue weighted by Gasteiger charge is 2.21. The first-order chi connectivity index (χ1) is 9.36. The number of carboxylic acids is 1. The topological polar surface area (TPSA) is 85.5 Å². The molecular formula is C14H16N2O4. The van der Waals surface area contributed by atoms with Crippen molar-refractivity contribution in [1.82, 2.24) is 10.2 Å². The van der Waals surface area contributed by atoms with Gasteiger partial charge in [0, 0.05) is 5.41 Å². The molecule has 0 fully saturated rings. The normalized spacial score (nSPS) is 11.3. The van der Waals surface area contributed by atoms with Crippen molar-refractivity contribution in [3.63, 3.8) is 0 Å². The number of hydrogen-bond donors (Lipinski definition) is 1.